The third kappa shape index (κ3) is 4.58. The van der Waals surface area contributed by atoms with Crippen molar-refractivity contribution in [1.29, 1.82) is 5.26 Å². The molecular formula is C19H21N3O2S. The Balaban J connectivity index is 1.52. The molecule has 25 heavy (non-hydrogen) atoms. The first-order chi connectivity index (χ1) is 12.1. The Kier molecular flexibility index (Phi) is 5.34. The highest BCUT2D eigenvalue weighted by atomic mass is 32.1. The highest BCUT2D eigenvalue weighted by molar-refractivity contribution is 7.09. The van der Waals surface area contributed by atoms with Gasteiger partial charge in [0, 0.05) is 5.38 Å². The smallest absolute Gasteiger partial charge is 0.227 e. The second-order valence-electron chi connectivity index (χ2n) is 6.46. The summed E-state index contributed by atoms with van der Waals surface area (Å²) in [6.07, 6.45) is 3.66. The summed E-state index contributed by atoms with van der Waals surface area (Å²) in [5.41, 5.74) is 1.23. The number of rotatable bonds is 6. The highest BCUT2D eigenvalue weighted by Crippen LogP contribution is 2.29. The van der Waals surface area contributed by atoms with Crippen molar-refractivity contribution in [2.24, 2.45) is 0 Å². The SMILES string of the molecule is Cc1ccc(OCc2nc(CC(=O)NC3(C#N)CCCC3)cs2)cc1. The molecule has 0 spiro atoms. The number of aryl methyl sites for hydroxylation is 1. The van der Waals surface area contributed by atoms with Crippen molar-refractivity contribution in [1.82, 2.24) is 10.3 Å². The van der Waals surface area contributed by atoms with Crippen molar-refractivity contribution >= 4 is 17.2 Å². The van der Waals surface area contributed by atoms with Crippen molar-refractivity contribution in [3.05, 3.63) is 45.9 Å². The number of nitrogens with one attached hydrogen (secondary N) is 1. The van der Waals surface area contributed by atoms with Crippen LogP contribution in [0, 0.1) is 18.3 Å². The number of hydrogen-bond donors (Lipinski definition) is 1. The molecular weight excluding hydrogens is 334 g/mol. The van der Waals surface area contributed by atoms with Gasteiger partial charge in [-0.15, -0.1) is 11.3 Å². The molecule has 1 aliphatic carbocycles. The van der Waals surface area contributed by atoms with E-state index in [-0.39, 0.29) is 12.3 Å². The fourth-order valence-corrected chi connectivity index (χ4v) is 3.70. The highest BCUT2D eigenvalue weighted by Gasteiger charge is 2.35. The topological polar surface area (TPSA) is 75.0 Å². The molecule has 1 aromatic carbocycles. The van der Waals surface area contributed by atoms with Crippen LogP contribution in [0.15, 0.2) is 29.6 Å². The van der Waals surface area contributed by atoms with Crippen LogP contribution in [0.25, 0.3) is 0 Å². The molecule has 0 bridgehead atoms. The zero-order valence-electron chi connectivity index (χ0n) is 14.2. The van der Waals surface area contributed by atoms with E-state index in [4.69, 9.17) is 4.74 Å². The van der Waals surface area contributed by atoms with Crippen molar-refractivity contribution in [2.45, 2.75) is 51.2 Å². The zero-order chi connectivity index (χ0) is 17.7. The van der Waals surface area contributed by atoms with Crippen LogP contribution in [0.2, 0.25) is 0 Å². The molecule has 1 fully saturated rings. The van der Waals surface area contributed by atoms with Crippen molar-refractivity contribution in [3.8, 4) is 11.8 Å². The van der Waals surface area contributed by atoms with Crippen LogP contribution in [-0.4, -0.2) is 16.4 Å². The number of thiazole rings is 1. The first kappa shape index (κ1) is 17.4. The molecule has 1 aromatic heterocycles. The third-order valence-electron chi connectivity index (χ3n) is 4.37. The molecule has 0 aliphatic heterocycles. The van der Waals surface area contributed by atoms with Crippen molar-refractivity contribution in [3.63, 3.8) is 0 Å². The van der Waals surface area contributed by atoms with Crippen LogP contribution in [0.3, 0.4) is 0 Å². The van der Waals surface area contributed by atoms with Gasteiger partial charge in [0.1, 0.15) is 22.9 Å². The Morgan fingerprint density at radius 1 is 1.36 bits per heavy atom. The summed E-state index contributed by atoms with van der Waals surface area (Å²) in [4.78, 5) is 16.7. The lowest BCUT2D eigenvalue weighted by Gasteiger charge is -2.21. The van der Waals surface area contributed by atoms with Gasteiger partial charge in [0.05, 0.1) is 18.2 Å². The normalized spacial score (nSPS) is 15.5. The lowest BCUT2D eigenvalue weighted by Crippen LogP contribution is -2.45. The molecule has 1 amide bonds. The van der Waals surface area contributed by atoms with Crippen LogP contribution >= 0.6 is 11.3 Å². The molecule has 1 N–H and O–H groups in total. The molecule has 0 unspecified atom stereocenters. The first-order valence-electron chi connectivity index (χ1n) is 8.44. The number of ether oxygens (including phenoxy) is 1. The fourth-order valence-electron chi connectivity index (χ4n) is 2.99. The summed E-state index contributed by atoms with van der Waals surface area (Å²) in [5.74, 6) is 0.664. The molecule has 1 saturated carbocycles. The number of nitrogens with zero attached hydrogens (tertiary/aromatic N) is 2. The van der Waals surface area contributed by atoms with E-state index in [1.165, 1.54) is 16.9 Å². The summed E-state index contributed by atoms with van der Waals surface area (Å²) < 4.78 is 5.71. The van der Waals surface area contributed by atoms with Crippen LogP contribution in [-0.2, 0) is 17.8 Å². The van der Waals surface area contributed by atoms with Gasteiger partial charge >= 0.3 is 0 Å². The van der Waals surface area contributed by atoms with Crippen LogP contribution in [0.1, 0.15) is 41.9 Å². The Labute approximate surface area is 151 Å². The Bertz CT molecular complexity index is 771. The predicted octanol–water partition coefficient (Wildman–Crippen LogP) is 3.53. The maximum absolute atomic E-state index is 12.2. The van der Waals surface area contributed by atoms with Gasteiger partial charge in [-0.1, -0.05) is 17.7 Å². The Morgan fingerprint density at radius 3 is 2.76 bits per heavy atom. The van der Waals surface area contributed by atoms with Crippen molar-refractivity contribution in [2.75, 3.05) is 0 Å². The maximum Gasteiger partial charge on any atom is 0.227 e. The minimum Gasteiger partial charge on any atom is -0.486 e. The number of nitriles is 1. The molecule has 0 radical (unpaired) electrons. The minimum absolute atomic E-state index is 0.139. The van der Waals surface area contributed by atoms with E-state index >= 15 is 0 Å². The summed E-state index contributed by atoms with van der Waals surface area (Å²) >= 11 is 1.48. The number of carbonyl (C=O) groups is 1. The van der Waals surface area contributed by atoms with Crippen molar-refractivity contribution < 1.29 is 9.53 Å². The second kappa shape index (κ2) is 7.66. The van der Waals surface area contributed by atoms with Gasteiger partial charge in [0.15, 0.2) is 0 Å². The van der Waals surface area contributed by atoms with Gasteiger partial charge < -0.3 is 10.1 Å². The van der Waals surface area contributed by atoms with E-state index in [0.29, 0.717) is 6.61 Å². The van der Waals surface area contributed by atoms with E-state index < -0.39 is 5.54 Å². The van der Waals surface area contributed by atoms with Crippen LogP contribution in [0.5, 0.6) is 5.75 Å². The van der Waals surface area contributed by atoms with Gasteiger partial charge in [0.2, 0.25) is 5.91 Å². The summed E-state index contributed by atoms with van der Waals surface area (Å²) in [6, 6.07) is 10.1. The number of aromatic nitrogens is 1. The number of amides is 1. The van der Waals surface area contributed by atoms with Gasteiger partial charge in [-0.25, -0.2) is 4.98 Å². The third-order valence-corrected chi connectivity index (χ3v) is 5.25. The standard InChI is InChI=1S/C19H21N3O2S/c1-14-4-6-16(7-5-14)24-11-18-21-15(12-25-18)10-17(23)22-19(13-20)8-2-3-9-19/h4-7,12H,2-3,8-11H2,1H3,(H,22,23). The minimum atomic E-state index is -0.676. The van der Waals surface area contributed by atoms with Gasteiger partial charge in [0.25, 0.3) is 0 Å². The average molecular weight is 355 g/mol. The first-order valence-corrected chi connectivity index (χ1v) is 9.32. The molecule has 130 valence electrons. The largest absolute Gasteiger partial charge is 0.486 e. The number of hydrogen-bond acceptors (Lipinski definition) is 5. The van der Waals surface area contributed by atoms with E-state index in [1.54, 1.807) is 0 Å². The summed E-state index contributed by atoms with van der Waals surface area (Å²) in [5, 5.41) is 14.9. The monoisotopic (exact) mass is 355 g/mol. The Hall–Kier alpha value is -2.39. The molecule has 6 heteroatoms. The molecule has 5 nitrogen and oxygen atoms in total. The molecule has 1 aliphatic rings. The van der Waals surface area contributed by atoms with Gasteiger partial charge in [-0.05, 0) is 44.7 Å². The fraction of sp³-hybridized carbons (Fsp3) is 0.421. The number of benzene rings is 1. The lowest BCUT2D eigenvalue weighted by atomic mass is 9.99. The maximum atomic E-state index is 12.2. The quantitative estimate of drug-likeness (QED) is 0.860. The number of carbonyl (C=O) groups excluding carboxylic acids is 1. The van der Waals surface area contributed by atoms with E-state index in [1.807, 2.05) is 36.6 Å². The molecule has 3 rings (SSSR count). The summed E-state index contributed by atoms with van der Waals surface area (Å²) in [6.45, 7) is 2.42. The average Bonchev–Trinajstić information content (AvgIpc) is 3.24. The van der Waals surface area contributed by atoms with E-state index in [9.17, 15) is 10.1 Å². The second-order valence-corrected chi connectivity index (χ2v) is 7.40. The summed E-state index contributed by atoms with van der Waals surface area (Å²) in [7, 11) is 0. The lowest BCUT2D eigenvalue weighted by molar-refractivity contribution is -0.121. The van der Waals surface area contributed by atoms with Gasteiger partial charge in [-0.3, -0.25) is 4.79 Å². The molecule has 0 saturated heterocycles. The molecule has 2 aromatic rings. The Morgan fingerprint density at radius 2 is 2.08 bits per heavy atom. The molecule has 1 heterocycles. The molecule has 0 atom stereocenters. The van der Waals surface area contributed by atoms with Crippen LogP contribution in [0.4, 0.5) is 0 Å². The van der Waals surface area contributed by atoms with E-state index in [2.05, 4.69) is 16.4 Å². The van der Waals surface area contributed by atoms with Gasteiger partial charge in [-0.2, -0.15) is 5.26 Å². The van der Waals surface area contributed by atoms with E-state index in [0.717, 1.165) is 42.1 Å². The van der Waals surface area contributed by atoms with Crippen LogP contribution < -0.4 is 10.1 Å². The zero-order valence-corrected chi connectivity index (χ0v) is 15.1. The predicted molar refractivity (Wildman–Crippen MR) is 96.3 cm³/mol.